The van der Waals surface area contributed by atoms with Gasteiger partial charge in [-0.2, -0.15) is 0 Å². The van der Waals surface area contributed by atoms with Gasteiger partial charge in [0.05, 0.1) is 0 Å². The molecule has 0 radical (unpaired) electrons. The van der Waals surface area contributed by atoms with Gasteiger partial charge in [0, 0.05) is 0 Å². The highest BCUT2D eigenvalue weighted by atomic mass is 14.4. The molecule has 1 atom stereocenters. The first-order valence-electron chi connectivity index (χ1n) is 11.4. The zero-order valence-corrected chi connectivity index (χ0v) is 16.9. The molecule has 1 aromatic rings. The monoisotopic (exact) mass is 340 g/mol. The first-order chi connectivity index (χ1) is 12.2. The fourth-order valence-corrected chi connectivity index (χ4v) is 5.42. The van der Waals surface area contributed by atoms with Gasteiger partial charge in [-0.3, -0.25) is 0 Å². The van der Waals surface area contributed by atoms with Gasteiger partial charge in [-0.25, -0.2) is 0 Å². The third-order valence-corrected chi connectivity index (χ3v) is 7.11. The van der Waals surface area contributed by atoms with E-state index in [1.165, 1.54) is 96.3 Å². The van der Waals surface area contributed by atoms with Crippen LogP contribution in [0.1, 0.15) is 114 Å². The summed E-state index contributed by atoms with van der Waals surface area (Å²) in [7, 11) is 0. The third-order valence-electron chi connectivity index (χ3n) is 7.11. The van der Waals surface area contributed by atoms with Crippen molar-refractivity contribution in [3.05, 3.63) is 34.9 Å². The van der Waals surface area contributed by atoms with Gasteiger partial charge in [0.15, 0.2) is 0 Å². The first-order valence-corrected chi connectivity index (χ1v) is 11.4. The number of aryl methyl sites for hydroxylation is 1. The molecule has 2 aliphatic rings. The lowest BCUT2D eigenvalue weighted by atomic mass is 9.66. The lowest BCUT2D eigenvalue weighted by Gasteiger charge is -2.39. The highest BCUT2D eigenvalue weighted by molar-refractivity contribution is 5.38. The minimum atomic E-state index is 0.515. The number of hydrogen-bond acceptors (Lipinski definition) is 0. The van der Waals surface area contributed by atoms with Crippen LogP contribution in [0.25, 0.3) is 0 Å². The Labute approximate surface area is 156 Å². The predicted octanol–water partition coefficient (Wildman–Crippen LogP) is 7.76. The summed E-state index contributed by atoms with van der Waals surface area (Å²) in [5.74, 6) is 0.880. The second-order valence-corrected chi connectivity index (χ2v) is 9.19. The average Bonchev–Trinajstić information content (AvgIpc) is 2.65. The summed E-state index contributed by atoms with van der Waals surface area (Å²) in [5.41, 5.74) is 5.55. The molecular formula is C25H40. The molecule has 140 valence electrons. The smallest absolute Gasteiger partial charge is 0.00469 e. The second kappa shape index (κ2) is 9.24. The maximum absolute atomic E-state index is 2.64. The Morgan fingerprint density at radius 1 is 0.920 bits per heavy atom. The van der Waals surface area contributed by atoms with Crippen molar-refractivity contribution < 1.29 is 0 Å². The van der Waals surface area contributed by atoms with Gasteiger partial charge in [-0.05, 0) is 66.5 Å². The van der Waals surface area contributed by atoms with E-state index in [0.717, 1.165) is 5.92 Å². The summed E-state index contributed by atoms with van der Waals surface area (Å²) in [6, 6.07) is 7.67. The standard InChI is InChI=1S/C25H40/c1-3-4-5-6-7-9-16-25(17-10-8-11-18-25)24-15-14-22-19-21(2)12-13-23(22)20-24/h14-15,20-21H,3-13,16-19H2,1-2H3. The topological polar surface area (TPSA) is 0 Å². The molecule has 2 aliphatic carbocycles. The SMILES string of the molecule is CCCCCCCCC1(c2ccc3c(c2)CCC(C)C3)CCCCC1. The van der Waals surface area contributed by atoms with Crippen molar-refractivity contribution in [2.24, 2.45) is 5.92 Å². The Bertz CT molecular complexity index is 521. The lowest BCUT2D eigenvalue weighted by molar-refractivity contribution is 0.265. The number of hydrogen-bond donors (Lipinski definition) is 0. The first kappa shape index (κ1) is 19.0. The van der Waals surface area contributed by atoms with Gasteiger partial charge in [0.1, 0.15) is 0 Å². The van der Waals surface area contributed by atoms with Crippen molar-refractivity contribution >= 4 is 0 Å². The molecule has 0 aromatic heterocycles. The molecule has 0 saturated heterocycles. The largest absolute Gasteiger partial charge is 0.0654 e. The molecule has 0 heterocycles. The van der Waals surface area contributed by atoms with Crippen LogP contribution >= 0.6 is 0 Å². The van der Waals surface area contributed by atoms with Crippen LogP contribution in [-0.2, 0) is 18.3 Å². The minimum Gasteiger partial charge on any atom is -0.0654 e. The van der Waals surface area contributed by atoms with Crippen molar-refractivity contribution in [2.75, 3.05) is 0 Å². The number of unbranched alkanes of at least 4 members (excludes halogenated alkanes) is 5. The molecule has 0 heteroatoms. The number of benzene rings is 1. The zero-order valence-electron chi connectivity index (χ0n) is 16.9. The van der Waals surface area contributed by atoms with E-state index in [9.17, 15) is 0 Å². The quantitative estimate of drug-likeness (QED) is 0.424. The van der Waals surface area contributed by atoms with Gasteiger partial charge in [0.2, 0.25) is 0 Å². The maximum Gasteiger partial charge on any atom is -0.00469 e. The molecule has 0 amide bonds. The van der Waals surface area contributed by atoms with E-state index in [4.69, 9.17) is 0 Å². The lowest BCUT2D eigenvalue weighted by Crippen LogP contribution is -2.29. The van der Waals surface area contributed by atoms with Crippen molar-refractivity contribution in [2.45, 2.75) is 116 Å². The Balaban J connectivity index is 1.67. The maximum atomic E-state index is 2.64. The van der Waals surface area contributed by atoms with Crippen LogP contribution < -0.4 is 0 Å². The van der Waals surface area contributed by atoms with E-state index in [1.54, 1.807) is 16.7 Å². The van der Waals surface area contributed by atoms with E-state index >= 15 is 0 Å². The fraction of sp³-hybridized carbons (Fsp3) is 0.760. The van der Waals surface area contributed by atoms with Crippen LogP contribution in [0, 0.1) is 5.92 Å². The highest BCUT2D eigenvalue weighted by Gasteiger charge is 2.33. The Morgan fingerprint density at radius 3 is 2.48 bits per heavy atom. The Morgan fingerprint density at radius 2 is 1.68 bits per heavy atom. The normalized spacial score (nSPS) is 22.6. The minimum absolute atomic E-state index is 0.515. The summed E-state index contributed by atoms with van der Waals surface area (Å²) >= 11 is 0. The van der Waals surface area contributed by atoms with Crippen LogP contribution in [0.5, 0.6) is 0 Å². The predicted molar refractivity (Wildman–Crippen MR) is 110 cm³/mol. The molecule has 25 heavy (non-hydrogen) atoms. The van der Waals surface area contributed by atoms with Gasteiger partial charge in [-0.1, -0.05) is 89.8 Å². The van der Waals surface area contributed by atoms with Crippen molar-refractivity contribution in [1.82, 2.24) is 0 Å². The molecule has 1 fully saturated rings. The summed E-state index contributed by atoms with van der Waals surface area (Å²) < 4.78 is 0. The second-order valence-electron chi connectivity index (χ2n) is 9.19. The molecule has 0 N–H and O–H groups in total. The molecule has 0 aliphatic heterocycles. The summed E-state index contributed by atoms with van der Waals surface area (Å²) in [6.45, 7) is 4.73. The molecule has 1 saturated carbocycles. The molecule has 1 aromatic carbocycles. The van der Waals surface area contributed by atoms with Crippen molar-refractivity contribution in [3.8, 4) is 0 Å². The van der Waals surface area contributed by atoms with Crippen LogP contribution in [0.15, 0.2) is 18.2 Å². The van der Waals surface area contributed by atoms with Crippen molar-refractivity contribution in [1.29, 1.82) is 0 Å². The van der Waals surface area contributed by atoms with Crippen molar-refractivity contribution in [3.63, 3.8) is 0 Å². The van der Waals surface area contributed by atoms with Gasteiger partial charge < -0.3 is 0 Å². The van der Waals surface area contributed by atoms with E-state index < -0.39 is 0 Å². The molecule has 3 rings (SSSR count). The Kier molecular flexibility index (Phi) is 7.02. The average molecular weight is 341 g/mol. The molecule has 0 spiro atoms. The van der Waals surface area contributed by atoms with Crippen LogP contribution in [0.3, 0.4) is 0 Å². The fourth-order valence-electron chi connectivity index (χ4n) is 5.42. The van der Waals surface area contributed by atoms with Crippen LogP contribution in [0.2, 0.25) is 0 Å². The Hall–Kier alpha value is -0.780. The third kappa shape index (κ3) is 4.89. The highest BCUT2D eigenvalue weighted by Crippen LogP contribution is 2.44. The van der Waals surface area contributed by atoms with E-state index in [2.05, 4.69) is 32.0 Å². The van der Waals surface area contributed by atoms with Crippen LogP contribution in [0.4, 0.5) is 0 Å². The molecule has 0 nitrogen and oxygen atoms in total. The van der Waals surface area contributed by atoms with E-state index in [-0.39, 0.29) is 0 Å². The number of fused-ring (bicyclic) bond motifs is 1. The van der Waals surface area contributed by atoms with Crippen LogP contribution in [-0.4, -0.2) is 0 Å². The van der Waals surface area contributed by atoms with Gasteiger partial charge in [-0.15, -0.1) is 0 Å². The number of rotatable bonds is 8. The summed E-state index contributed by atoms with van der Waals surface area (Å²) in [6.07, 6.45) is 21.3. The molecule has 1 unspecified atom stereocenters. The summed E-state index contributed by atoms with van der Waals surface area (Å²) in [4.78, 5) is 0. The van der Waals surface area contributed by atoms with Gasteiger partial charge in [0.25, 0.3) is 0 Å². The zero-order chi connectivity index (χ0) is 17.5. The van der Waals surface area contributed by atoms with E-state index in [1.807, 2.05) is 0 Å². The van der Waals surface area contributed by atoms with E-state index in [0.29, 0.717) is 5.41 Å². The van der Waals surface area contributed by atoms with Gasteiger partial charge >= 0.3 is 0 Å². The molecule has 0 bridgehead atoms. The summed E-state index contributed by atoms with van der Waals surface area (Å²) in [5, 5.41) is 0. The molecular weight excluding hydrogens is 300 g/mol.